The van der Waals surface area contributed by atoms with Gasteiger partial charge in [-0.2, -0.15) is 5.26 Å². The van der Waals surface area contributed by atoms with Crippen LogP contribution in [0.25, 0.3) is 5.69 Å². The van der Waals surface area contributed by atoms with Gasteiger partial charge in [-0.3, -0.25) is 4.57 Å². The average Bonchev–Trinajstić information content (AvgIpc) is 3.02. The molecule has 2 heterocycles. The fourth-order valence-corrected chi connectivity index (χ4v) is 2.43. The van der Waals surface area contributed by atoms with E-state index in [4.69, 9.17) is 0 Å². The average molecular weight is 268 g/mol. The molecule has 3 rings (SSSR count). The van der Waals surface area contributed by atoms with Gasteiger partial charge in [-0.1, -0.05) is 0 Å². The zero-order chi connectivity index (χ0) is 13.9. The molecule has 6 heteroatoms. The zero-order valence-corrected chi connectivity index (χ0v) is 11.4. The molecule has 0 unspecified atom stereocenters. The number of likely N-dealkylation sites (N-methyl/N-ethyl adjacent to an activating group) is 1. The van der Waals surface area contributed by atoms with Crippen LogP contribution < -0.4 is 4.90 Å². The third kappa shape index (κ3) is 2.36. The highest BCUT2D eigenvalue weighted by Gasteiger charge is 2.17. The molecule has 102 valence electrons. The van der Waals surface area contributed by atoms with E-state index in [0.29, 0.717) is 5.56 Å². The number of hydrogen-bond acceptors (Lipinski definition) is 5. The molecule has 0 saturated carbocycles. The highest BCUT2D eigenvalue weighted by Crippen LogP contribution is 2.24. The molecule has 1 aromatic heterocycles. The first-order valence-corrected chi connectivity index (χ1v) is 6.60. The van der Waals surface area contributed by atoms with Crippen molar-refractivity contribution in [2.75, 3.05) is 38.1 Å². The molecule has 6 nitrogen and oxygen atoms in total. The molecule has 0 spiro atoms. The molecule has 0 N–H and O–H groups in total. The standard InChI is InChI=1S/C14H16N6/c1-18-4-6-19(7-5-18)14-3-2-13(8-12(14)9-15)20-10-16-17-11-20/h2-3,8,10-11H,4-7H2,1H3. The second kappa shape index (κ2) is 5.31. The van der Waals surface area contributed by atoms with E-state index in [-0.39, 0.29) is 0 Å². The summed E-state index contributed by atoms with van der Waals surface area (Å²) in [6.07, 6.45) is 3.26. The largest absolute Gasteiger partial charge is 0.368 e. The minimum Gasteiger partial charge on any atom is -0.368 e. The first-order chi connectivity index (χ1) is 9.78. The van der Waals surface area contributed by atoms with Crippen molar-refractivity contribution in [2.24, 2.45) is 0 Å². The summed E-state index contributed by atoms with van der Waals surface area (Å²) < 4.78 is 1.80. The Kier molecular flexibility index (Phi) is 3.35. The summed E-state index contributed by atoms with van der Waals surface area (Å²) in [6, 6.07) is 8.19. The summed E-state index contributed by atoms with van der Waals surface area (Å²) in [5.41, 5.74) is 2.61. The number of anilines is 1. The van der Waals surface area contributed by atoms with Crippen molar-refractivity contribution in [3.63, 3.8) is 0 Å². The summed E-state index contributed by atoms with van der Waals surface area (Å²) in [6.45, 7) is 3.96. The van der Waals surface area contributed by atoms with Gasteiger partial charge in [0.15, 0.2) is 0 Å². The summed E-state index contributed by atoms with van der Waals surface area (Å²) in [4.78, 5) is 4.57. The number of piperazine rings is 1. The lowest BCUT2D eigenvalue weighted by atomic mass is 10.1. The molecule has 20 heavy (non-hydrogen) atoms. The Labute approximate surface area is 117 Å². The van der Waals surface area contributed by atoms with Crippen LogP contribution in [-0.2, 0) is 0 Å². The Morgan fingerprint density at radius 1 is 1.10 bits per heavy atom. The van der Waals surface area contributed by atoms with E-state index in [0.717, 1.165) is 37.6 Å². The van der Waals surface area contributed by atoms with Gasteiger partial charge in [-0.15, -0.1) is 10.2 Å². The van der Waals surface area contributed by atoms with Crippen LogP contribution in [0.5, 0.6) is 0 Å². The van der Waals surface area contributed by atoms with Gasteiger partial charge in [0.2, 0.25) is 0 Å². The molecular weight excluding hydrogens is 252 g/mol. The van der Waals surface area contributed by atoms with Gasteiger partial charge in [0.05, 0.1) is 11.3 Å². The molecule has 1 aromatic carbocycles. The van der Waals surface area contributed by atoms with Crippen molar-refractivity contribution in [1.29, 1.82) is 5.26 Å². The number of benzene rings is 1. The first kappa shape index (κ1) is 12.6. The van der Waals surface area contributed by atoms with Crippen LogP contribution in [0, 0.1) is 11.3 Å². The third-order valence-electron chi connectivity index (χ3n) is 3.66. The summed E-state index contributed by atoms with van der Waals surface area (Å²) in [7, 11) is 2.12. The number of nitriles is 1. The summed E-state index contributed by atoms with van der Waals surface area (Å²) >= 11 is 0. The predicted octanol–water partition coefficient (Wildman–Crippen LogP) is 0.891. The highest BCUT2D eigenvalue weighted by atomic mass is 15.3. The van der Waals surface area contributed by atoms with E-state index in [1.54, 1.807) is 17.2 Å². The lowest BCUT2D eigenvalue weighted by Gasteiger charge is -2.34. The quantitative estimate of drug-likeness (QED) is 0.809. The van der Waals surface area contributed by atoms with Gasteiger partial charge in [-0.05, 0) is 25.2 Å². The van der Waals surface area contributed by atoms with Crippen LogP contribution >= 0.6 is 0 Å². The van der Waals surface area contributed by atoms with E-state index >= 15 is 0 Å². The van der Waals surface area contributed by atoms with E-state index in [9.17, 15) is 5.26 Å². The first-order valence-electron chi connectivity index (χ1n) is 6.60. The van der Waals surface area contributed by atoms with Gasteiger partial charge in [0.25, 0.3) is 0 Å². The second-order valence-electron chi connectivity index (χ2n) is 4.97. The minimum atomic E-state index is 0.695. The minimum absolute atomic E-state index is 0.695. The van der Waals surface area contributed by atoms with E-state index in [2.05, 4.69) is 33.1 Å². The topological polar surface area (TPSA) is 61.0 Å². The fraction of sp³-hybridized carbons (Fsp3) is 0.357. The molecule has 2 aromatic rings. The maximum Gasteiger partial charge on any atom is 0.123 e. The molecule has 1 saturated heterocycles. The second-order valence-corrected chi connectivity index (χ2v) is 4.97. The SMILES string of the molecule is CN1CCN(c2ccc(-n3cnnc3)cc2C#N)CC1. The molecule has 1 fully saturated rings. The Hall–Kier alpha value is -2.39. The van der Waals surface area contributed by atoms with Crippen LogP contribution in [-0.4, -0.2) is 52.9 Å². The van der Waals surface area contributed by atoms with Gasteiger partial charge < -0.3 is 9.80 Å². The van der Waals surface area contributed by atoms with Crippen molar-refractivity contribution >= 4 is 5.69 Å². The zero-order valence-electron chi connectivity index (χ0n) is 11.4. The van der Waals surface area contributed by atoms with Crippen LogP contribution in [0.2, 0.25) is 0 Å². The Balaban J connectivity index is 1.91. The van der Waals surface area contributed by atoms with Gasteiger partial charge in [0, 0.05) is 31.9 Å². The summed E-state index contributed by atoms with van der Waals surface area (Å²) in [5, 5.41) is 17.0. The number of hydrogen-bond donors (Lipinski definition) is 0. The molecule has 0 bridgehead atoms. The highest BCUT2D eigenvalue weighted by molar-refractivity contribution is 5.63. The van der Waals surface area contributed by atoms with E-state index in [1.807, 2.05) is 18.2 Å². The van der Waals surface area contributed by atoms with Gasteiger partial charge in [0.1, 0.15) is 18.7 Å². The number of aromatic nitrogens is 3. The smallest absolute Gasteiger partial charge is 0.123 e. The van der Waals surface area contributed by atoms with Crippen molar-refractivity contribution in [2.45, 2.75) is 0 Å². The van der Waals surface area contributed by atoms with Crippen LogP contribution in [0.3, 0.4) is 0 Å². The van der Waals surface area contributed by atoms with Crippen LogP contribution in [0.1, 0.15) is 5.56 Å². The molecule has 0 radical (unpaired) electrons. The van der Waals surface area contributed by atoms with Crippen molar-refractivity contribution < 1.29 is 0 Å². The van der Waals surface area contributed by atoms with E-state index < -0.39 is 0 Å². The Bertz CT molecular complexity index is 620. The molecule has 0 aliphatic carbocycles. The predicted molar refractivity (Wildman–Crippen MR) is 75.8 cm³/mol. The maximum atomic E-state index is 9.40. The Morgan fingerprint density at radius 2 is 1.80 bits per heavy atom. The van der Waals surface area contributed by atoms with Crippen molar-refractivity contribution in [3.05, 3.63) is 36.4 Å². The van der Waals surface area contributed by atoms with Gasteiger partial charge in [-0.25, -0.2) is 0 Å². The van der Waals surface area contributed by atoms with Crippen LogP contribution in [0.4, 0.5) is 5.69 Å². The monoisotopic (exact) mass is 268 g/mol. The summed E-state index contributed by atoms with van der Waals surface area (Å²) in [5.74, 6) is 0. The van der Waals surface area contributed by atoms with Crippen molar-refractivity contribution in [1.82, 2.24) is 19.7 Å². The lowest BCUT2D eigenvalue weighted by Crippen LogP contribution is -2.44. The molecular formula is C14H16N6. The van der Waals surface area contributed by atoms with Crippen molar-refractivity contribution in [3.8, 4) is 11.8 Å². The third-order valence-corrected chi connectivity index (χ3v) is 3.66. The maximum absolute atomic E-state index is 9.40. The lowest BCUT2D eigenvalue weighted by molar-refractivity contribution is 0.313. The number of nitrogens with zero attached hydrogens (tertiary/aromatic N) is 6. The molecule has 1 aliphatic heterocycles. The normalized spacial score (nSPS) is 16.1. The molecule has 1 aliphatic rings. The molecule has 0 atom stereocenters. The fourth-order valence-electron chi connectivity index (χ4n) is 2.43. The Morgan fingerprint density at radius 3 is 2.45 bits per heavy atom. The van der Waals surface area contributed by atoms with E-state index in [1.165, 1.54) is 0 Å². The molecule has 0 amide bonds. The van der Waals surface area contributed by atoms with Crippen LogP contribution in [0.15, 0.2) is 30.9 Å². The number of rotatable bonds is 2. The van der Waals surface area contributed by atoms with Gasteiger partial charge >= 0.3 is 0 Å².